The summed E-state index contributed by atoms with van der Waals surface area (Å²) in [5.74, 6) is 0.596. The summed E-state index contributed by atoms with van der Waals surface area (Å²) in [5.41, 5.74) is 1.28. The lowest BCUT2D eigenvalue weighted by Crippen LogP contribution is -2.15. The van der Waals surface area contributed by atoms with Gasteiger partial charge in [-0.25, -0.2) is 18.4 Å². The molecule has 0 fully saturated rings. The maximum atomic E-state index is 12.7. The van der Waals surface area contributed by atoms with E-state index in [0.29, 0.717) is 23.7 Å². The SMILES string of the molecule is CCn1nc(C)c(S(=O)(=O)Nc2cnc(Oc3ccccc3)nc2)c1C. The van der Waals surface area contributed by atoms with Crippen LogP contribution >= 0.6 is 0 Å². The zero-order valence-corrected chi connectivity index (χ0v) is 15.5. The first-order valence-corrected chi connectivity index (χ1v) is 9.51. The Morgan fingerprint density at radius 2 is 1.77 bits per heavy atom. The van der Waals surface area contributed by atoms with Gasteiger partial charge in [-0.2, -0.15) is 5.10 Å². The van der Waals surface area contributed by atoms with E-state index in [1.165, 1.54) is 12.4 Å². The average molecular weight is 373 g/mol. The molecule has 2 aromatic heterocycles. The van der Waals surface area contributed by atoms with Crippen molar-refractivity contribution in [3.8, 4) is 11.8 Å². The number of aryl methyl sites for hydroxylation is 2. The van der Waals surface area contributed by atoms with E-state index in [-0.39, 0.29) is 16.6 Å². The molecule has 0 radical (unpaired) electrons. The average Bonchev–Trinajstić information content (AvgIpc) is 2.91. The van der Waals surface area contributed by atoms with Gasteiger partial charge in [-0.1, -0.05) is 18.2 Å². The summed E-state index contributed by atoms with van der Waals surface area (Å²) in [7, 11) is -3.79. The van der Waals surface area contributed by atoms with Gasteiger partial charge in [-0.3, -0.25) is 9.40 Å². The molecule has 2 heterocycles. The summed E-state index contributed by atoms with van der Waals surface area (Å²) in [6.45, 7) is 5.89. The van der Waals surface area contributed by atoms with Gasteiger partial charge in [0.15, 0.2) is 0 Å². The summed E-state index contributed by atoms with van der Waals surface area (Å²) in [5, 5.41) is 4.24. The number of nitrogens with zero attached hydrogens (tertiary/aromatic N) is 4. The fraction of sp³-hybridized carbons (Fsp3) is 0.235. The number of benzene rings is 1. The highest BCUT2D eigenvalue weighted by atomic mass is 32.2. The van der Waals surface area contributed by atoms with Gasteiger partial charge in [0, 0.05) is 6.54 Å². The van der Waals surface area contributed by atoms with Crippen LogP contribution in [-0.4, -0.2) is 28.2 Å². The third kappa shape index (κ3) is 3.67. The highest BCUT2D eigenvalue weighted by Gasteiger charge is 2.24. The van der Waals surface area contributed by atoms with Crippen LogP contribution in [0.2, 0.25) is 0 Å². The highest BCUT2D eigenvalue weighted by Crippen LogP contribution is 2.23. The van der Waals surface area contributed by atoms with Gasteiger partial charge in [0.25, 0.3) is 10.0 Å². The normalized spacial score (nSPS) is 11.3. The second-order valence-corrected chi connectivity index (χ2v) is 7.21. The Morgan fingerprint density at radius 1 is 1.12 bits per heavy atom. The molecule has 136 valence electrons. The second-order valence-electron chi connectivity index (χ2n) is 5.59. The van der Waals surface area contributed by atoms with Crippen molar-refractivity contribution in [2.45, 2.75) is 32.2 Å². The number of anilines is 1. The van der Waals surface area contributed by atoms with Crippen molar-refractivity contribution in [3.05, 3.63) is 54.1 Å². The van der Waals surface area contributed by atoms with E-state index in [4.69, 9.17) is 4.74 Å². The molecule has 0 unspecified atom stereocenters. The Hall–Kier alpha value is -2.94. The molecule has 0 atom stereocenters. The lowest BCUT2D eigenvalue weighted by atomic mass is 10.3. The number of nitrogens with one attached hydrogen (secondary N) is 1. The topological polar surface area (TPSA) is 99.0 Å². The fourth-order valence-electron chi connectivity index (χ4n) is 2.60. The zero-order valence-electron chi connectivity index (χ0n) is 14.7. The third-order valence-electron chi connectivity index (χ3n) is 3.72. The molecule has 1 aromatic carbocycles. The molecule has 1 N–H and O–H groups in total. The number of para-hydroxylation sites is 1. The minimum absolute atomic E-state index is 0.130. The van der Waals surface area contributed by atoms with E-state index in [1.54, 1.807) is 30.7 Å². The van der Waals surface area contributed by atoms with Crippen LogP contribution in [0.4, 0.5) is 5.69 Å². The standard InChI is InChI=1S/C17H19N5O3S/c1-4-22-13(3)16(12(2)20-22)26(23,24)21-14-10-18-17(19-11-14)25-15-8-6-5-7-9-15/h5-11,21H,4H2,1-3H3. The van der Waals surface area contributed by atoms with Crippen molar-refractivity contribution in [3.63, 3.8) is 0 Å². The maximum Gasteiger partial charge on any atom is 0.322 e. The van der Waals surface area contributed by atoms with E-state index < -0.39 is 10.0 Å². The predicted molar refractivity (Wildman–Crippen MR) is 96.7 cm³/mol. The summed E-state index contributed by atoms with van der Waals surface area (Å²) in [6.07, 6.45) is 2.72. The zero-order chi connectivity index (χ0) is 18.7. The van der Waals surface area contributed by atoms with E-state index in [0.717, 1.165) is 0 Å². The van der Waals surface area contributed by atoms with Crippen molar-refractivity contribution in [1.82, 2.24) is 19.7 Å². The van der Waals surface area contributed by atoms with E-state index >= 15 is 0 Å². The van der Waals surface area contributed by atoms with Crippen LogP contribution in [0.1, 0.15) is 18.3 Å². The number of ether oxygens (including phenoxy) is 1. The Bertz CT molecular complexity index is 999. The minimum atomic E-state index is -3.79. The van der Waals surface area contributed by atoms with Crippen LogP contribution in [0.15, 0.2) is 47.6 Å². The Kier molecular flexibility index (Phi) is 4.90. The van der Waals surface area contributed by atoms with Crippen molar-refractivity contribution >= 4 is 15.7 Å². The second kappa shape index (κ2) is 7.12. The van der Waals surface area contributed by atoms with E-state index in [1.807, 2.05) is 25.1 Å². The number of hydrogen-bond donors (Lipinski definition) is 1. The fourth-order valence-corrected chi connectivity index (χ4v) is 4.04. The van der Waals surface area contributed by atoms with Crippen molar-refractivity contribution in [2.75, 3.05) is 4.72 Å². The van der Waals surface area contributed by atoms with E-state index in [9.17, 15) is 8.42 Å². The third-order valence-corrected chi connectivity index (χ3v) is 5.35. The Morgan fingerprint density at radius 3 is 2.35 bits per heavy atom. The molecule has 9 heteroatoms. The smallest absolute Gasteiger partial charge is 0.322 e. The van der Waals surface area contributed by atoms with Gasteiger partial charge in [0.05, 0.1) is 29.5 Å². The van der Waals surface area contributed by atoms with Crippen LogP contribution in [-0.2, 0) is 16.6 Å². The summed E-state index contributed by atoms with van der Waals surface area (Å²) in [6, 6.07) is 9.22. The molecule has 0 bridgehead atoms. The Balaban J connectivity index is 1.79. The van der Waals surface area contributed by atoms with Crippen LogP contribution in [0.3, 0.4) is 0 Å². The van der Waals surface area contributed by atoms with E-state index in [2.05, 4.69) is 19.8 Å². The first-order valence-electron chi connectivity index (χ1n) is 8.02. The molecule has 0 amide bonds. The molecule has 3 aromatic rings. The molecule has 0 aliphatic rings. The summed E-state index contributed by atoms with van der Waals surface area (Å²) in [4.78, 5) is 8.24. The molecule has 26 heavy (non-hydrogen) atoms. The first-order chi connectivity index (χ1) is 12.4. The lowest BCUT2D eigenvalue weighted by molar-refractivity contribution is 0.442. The Labute approximate surface area is 151 Å². The highest BCUT2D eigenvalue weighted by molar-refractivity contribution is 7.92. The van der Waals surface area contributed by atoms with Crippen molar-refractivity contribution < 1.29 is 13.2 Å². The molecule has 0 spiro atoms. The van der Waals surface area contributed by atoms with Crippen molar-refractivity contribution in [1.29, 1.82) is 0 Å². The van der Waals surface area contributed by atoms with Gasteiger partial charge in [-0.15, -0.1) is 0 Å². The molecule has 0 saturated carbocycles. The molecule has 0 aliphatic heterocycles. The van der Waals surface area contributed by atoms with Crippen LogP contribution in [0.25, 0.3) is 0 Å². The van der Waals surface area contributed by atoms with Gasteiger partial charge in [-0.05, 0) is 32.9 Å². The summed E-state index contributed by atoms with van der Waals surface area (Å²) >= 11 is 0. The van der Waals surface area contributed by atoms with Crippen LogP contribution in [0.5, 0.6) is 11.8 Å². The monoisotopic (exact) mass is 373 g/mol. The predicted octanol–water partition coefficient (Wildman–Crippen LogP) is 2.90. The quantitative estimate of drug-likeness (QED) is 0.713. The molecule has 0 aliphatic carbocycles. The summed E-state index contributed by atoms with van der Waals surface area (Å²) < 4.78 is 35.0. The lowest BCUT2D eigenvalue weighted by Gasteiger charge is -2.09. The first kappa shape index (κ1) is 17.9. The minimum Gasteiger partial charge on any atom is -0.424 e. The molecular formula is C17H19N5O3S. The van der Waals surface area contributed by atoms with Crippen LogP contribution < -0.4 is 9.46 Å². The largest absolute Gasteiger partial charge is 0.424 e. The molecular weight excluding hydrogens is 354 g/mol. The number of sulfonamides is 1. The molecule has 8 nitrogen and oxygen atoms in total. The molecule has 3 rings (SSSR count). The van der Waals surface area contributed by atoms with Crippen molar-refractivity contribution in [2.24, 2.45) is 0 Å². The number of hydrogen-bond acceptors (Lipinski definition) is 6. The van der Waals surface area contributed by atoms with Gasteiger partial charge in [0.2, 0.25) is 0 Å². The maximum absolute atomic E-state index is 12.7. The van der Waals surface area contributed by atoms with Gasteiger partial charge >= 0.3 is 6.01 Å². The van der Waals surface area contributed by atoms with Gasteiger partial charge < -0.3 is 4.74 Å². The number of aromatic nitrogens is 4. The van der Waals surface area contributed by atoms with Crippen LogP contribution in [0, 0.1) is 13.8 Å². The number of rotatable bonds is 6. The van der Waals surface area contributed by atoms with Gasteiger partial charge in [0.1, 0.15) is 10.6 Å². The molecule has 0 saturated heterocycles.